The van der Waals surface area contributed by atoms with Gasteiger partial charge in [0.1, 0.15) is 16.5 Å². The van der Waals surface area contributed by atoms with E-state index in [-0.39, 0.29) is 5.56 Å². The lowest BCUT2D eigenvalue weighted by molar-refractivity contribution is -0.138. The Bertz CT molecular complexity index is 1120. The van der Waals surface area contributed by atoms with Crippen LogP contribution in [0, 0.1) is 20.8 Å². The summed E-state index contributed by atoms with van der Waals surface area (Å²) in [7, 11) is 0. The van der Waals surface area contributed by atoms with Crippen LogP contribution in [0.2, 0.25) is 0 Å². The second-order valence-corrected chi connectivity index (χ2v) is 8.58. The fraction of sp³-hybridized carbons (Fsp3) is 0.381. The highest BCUT2D eigenvalue weighted by atomic mass is 32.1. The molecule has 0 atom stereocenters. The molecule has 1 saturated heterocycles. The van der Waals surface area contributed by atoms with E-state index in [2.05, 4.69) is 21.8 Å². The lowest BCUT2D eigenvalue weighted by Gasteiger charge is -2.36. The summed E-state index contributed by atoms with van der Waals surface area (Å²) in [6.45, 7) is 7.61. The minimum atomic E-state index is -4.56. The lowest BCUT2D eigenvalue weighted by atomic mass is 10.1. The van der Waals surface area contributed by atoms with Crippen molar-refractivity contribution in [2.75, 3.05) is 31.1 Å². The van der Waals surface area contributed by atoms with Crippen LogP contribution in [0.15, 0.2) is 24.3 Å². The molecule has 3 aromatic rings. The van der Waals surface area contributed by atoms with Gasteiger partial charge in [-0.3, -0.25) is 4.79 Å². The highest BCUT2D eigenvalue weighted by Gasteiger charge is 2.36. The van der Waals surface area contributed by atoms with Crippen LogP contribution >= 0.6 is 11.3 Å². The van der Waals surface area contributed by atoms with Gasteiger partial charge in [0.05, 0.1) is 16.5 Å². The Morgan fingerprint density at radius 2 is 1.70 bits per heavy atom. The smallest absolute Gasteiger partial charge is 0.352 e. The summed E-state index contributed by atoms with van der Waals surface area (Å²) in [5.41, 5.74) is -0.0550. The van der Waals surface area contributed by atoms with Gasteiger partial charge in [0.25, 0.3) is 5.91 Å². The van der Waals surface area contributed by atoms with Crippen LogP contribution in [0.3, 0.4) is 0 Å². The van der Waals surface area contributed by atoms with Crippen molar-refractivity contribution in [3.05, 3.63) is 51.7 Å². The molecule has 1 aromatic carbocycles. The van der Waals surface area contributed by atoms with Gasteiger partial charge in [-0.1, -0.05) is 12.1 Å². The van der Waals surface area contributed by atoms with Crippen LogP contribution in [-0.2, 0) is 6.18 Å². The Morgan fingerprint density at radius 1 is 1.03 bits per heavy atom. The average Bonchev–Trinajstić information content (AvgIpc) is 2.99. The maximum atomic E-state index is 13.3. The predicted octanol–water partition coefficient (Wildman–Crippen LogP) is 4.60. The molecule has 0 unspecified atom stereocenters. The van der Waals surface area contributed by atoms with E-state index in [1.54, 1.807) is 11.3 Å². The van der Waals surface area contributed by atoms with Crippen LogP contribution in [0.5, 0.6) is 0 Å². The summed E-state index contributed by atoms with van der Waals surface area (Å²) in [5.74, 6) is 0.924. The topological polar surface area (TPSA) is 49.3 Å². The van der Waals surface area contributed by atoms with Crippen molar-refractivity contribution >= 4 is 33.3 Å². The van der Waals surface area contributed by atoms with Crippen LogP contribution in [0.25, 0.3) is 10.2 Å². The van der Waals surface area contributed by atoms with Gasteiger partial charge >= 0.3 is 6.18 Å². The molecule has 1 amide bonds. The first kappa shape index (κ1) is 20.6. The van der Waals surface area contributed by atoms with Crippen molar-refractivity contribution in [3.8, 4) is 0 Å². The van der Waals surface area contributed by atoms with E-state index in [0.717, 1.165) is 27.7 Å². The van der Waals surface area contributed by atoms with E-state index in [9.17, 15) is 18.0 Å². The summed E-state index contributed by atoms with van der Waals surface area (Å²) >= 11 is 1.63. The number of piperazine rings is 1. The fourth-order valence-electron chi connectivity index (χ4n) is 3.77. The molecule has 1 aliphatic rings. The van der Waals surface area contributed by atoms with Crippen molar-refractivity contribution in [1.29, 1.82) is 0 Å². The number of carbonyl (C=O) groups is 1. The molecule has 5 nitrogen and oxygen atoms in total. The van der Waals surface area contributed by atoms with E-state index in [4.69, 9.17) is 0 Å². The number of rotatable bonds is 2. The number of hydrogen-bond acceptors (Lipinski definition) is 5. The van der Waals surface area contributed by atoms with E-state index < -0.39 is 17.6 Å². The first-order valence-electron chi connectivity index (χ1n) is 9.61. The van der Waals surface area contributed by atoms with Crippen LogP contribution < -0.4 is 4.90 Å². The van der Waals surface area contributed by atoms with Gasteiger partial charge in [-0.15, -0.1) is 11.3 Å². The number of fused-ring (bicyclic) bond motifs is 1. The van der Waals surface area contributed by atoms with Gasteiger partial charge in [-0.2, -0.15) is 13.2 Å². The Labute approximate surface area is 176 Å². The Balaban J connectivity index is 1.57. The standard InChI is InChI=1S/C21H21F3N4OS/c1-12-13(2)30-19-17(12)18(25-14(3)26-19)27-8-10-28(11-9-27)20(29)15-6-4-5-7-16(15)21(22,23)24/h4-7H,8-11H2,1-3H3. The summed E-state index contributed by atoms with van der Waals surface area (Å²) in [4.78, 5) is 27.7. The van der Waals surface area contributed by atoms with Crippen molar-refractivity contribution in [1.82, 2.24) is 14.9 Å². The van der Waals surface area contributed by atoms with Crippen LogP contribution in [0.1, 0.15) is 32.2 Å². The molecular weight excluding hydrogens is 413 g/mol. The third kappa shape index (κ3) is 3.62. The quantitative estimate of drug-likeness (QED) is 0.592. The van der Waals surface area contributed by atoms with Crippen molar-refractivity contribution < 1.29 is 18.0 Å². The molecule has 0 aliphatic carbocycles. The van der Waals surface area contributed by atoms with Gasteiger partial charge in [0.2, 0.25) is 0 Å². The number of carbonyl (C=O) groups excluding carboxylic acids is 1. The molecule has 158 valence electrons. The number of hydrogen-bond donors (Lipinski definition) is 0. The van der Waals surface area contributed by atoms with E-state index in [1.165, 1.54) is 28.0 Å². The number of alkyl halides is 3. The molecule has 9 heteroatoms. The first-order chi connectivity index (χ1) is 14.2. The summed E-state index contributed by atoms with van der Waals surface area (Å²) in [6, 6.07) is 4.95. The minimum absolute atomic E-state index is 0.303. The monoisotopic (exact) mass is 434 g/mol. The predicted molar refractivity (Wildman–Crippen MR) is 111 cm³/mol. The molecule has 4 rings (SSSR count). The number of aryl methyl sites for hydroxylation is 3. The minimum Gasteiger partial charge on any atom is -0.352 e. The van der Waals surface area contributed by atoms with E-state index in [1.807, 2.05) is 13.8 Å². The maximum Gasteiger partial charge on any atom is 0.417 e. The normalized spacial score (nSPS) is 15.1. The van der Waals surface area contributed by atoms with Gasteiger partial charge in [-0.05, 0) is 38.5 Å². The summed E-state index contributed by atoms with van der Waals surface area (Å²) in [6.07, 6.45) is -4.56. The maximum absolute atomic E-state index is 13.3. The molecule has 0 saturated carbocycles. The fourth-order valence-corrected chi connectivity index (χ4v) is 4.84. The Morgan fingerprint density at radius 3 is 2.37 bits per heavy atom. The van der Waals surface area contributed by atoms with Crippen molar-refractivity contribution in [2.24, 2.45) is 0 Å². The zero-order valence-corrected chi connectivity index (χ0v) is 17.7. The highest BCUT2D eigenvalue weighted by Crippen LogP contribution is 2.36. The molecule has 30 heavy (non-hydrogen) atoms. The van der Waals surface area contributed by atoms with Gasteiger partial charge < -0.3 is 9.80 Å². The zero-order valence-electron chi connectivity index (χ0n) is 16.9. The van der Waals surface area contributed by atoms with Gasteiger partial charge in [-0.25, -0.2) is 9.97 Å². The molecule has 0 N–H and O–H groups in total. The van der Waals surface area contributed by atoms with Crippen molar-refractivity contribution in [2.45, 2.75) is 26.9 Å². The molecule has 1 fully saturated rings. The average molecular weight is 434 g/mol. The number of nitrogens with zero attached hydrogens (tertiary/aromatic N) is 4. The molecule has 0 spiro atoms. The molecule has 2 aromatic heterocycles. The summed E-state index contributed by atoms with van der Waals surface area (Å²) in [5, 5.41) is 1.02. The van der Waals surface area contributed by atoms with E-state index in [0.29, 0.717) is 32.0 Å². The number of halogens is 3. The Kier molecular flexibility index (Phi) is 5.17. The lowest BCUT2D eigenvalue weighted by Crippen LogP contribution is -2.49. The third-order valence-electron chi connectivity index (χ3n) is 5.45. The van der Waals surface area contributed by atoms with Crippen LogP contribution in [0.4, 0.5) is 19.0 Å². The number of amides is 1. The largest absolute Gasteiger partial charge is 0.417 e. The molecule has 0 bridgehead atoms. The van der Waals surface area contributed by atoms with Crippen LogP contribution in [-0.4, -0.2) is 47.0 Å². The molecule has 1 aliphatic heterocycles. The zero-order chi connectivity index (χ0) is 21.6. The number of thiophene rings is 1. The SMILES string of the molecule is Cc1nc(N2CCN(C(=O)c3ccccc3C(F)(F)F)CC2)c2c(C)c(C)sc2n1. The van der Waals surface area contributed by atoms with E-state index >= 15 is 0 Å². The Hall–Kier alpha value is -2.68. The molecular formula is C21H21F3N4OS. The number of benzene rings is 1. The summed E-state index contributed by atoms with van der Waals surface area (Å²) < 4.78 is 39.9. The third-order valence-corrected chi connectivity index (χ3v) is 6.55. The first-order valence-corrected chi connectivity index (χ1v) is 10.4. The van der Waals surface area contributed by atoms with Gasteiger partial charge in [0, 0.05) is 31.1 Å². The second kappa shape index (κ2) is 7.54. The molecule has 3 heterocycles. The second-order valence-electron chi connectivity index (χ2n) is 7.38. The highest BCUT2D eigenvalue weighted by molar-refractivity contribution is 7.18. The van der Waals surface area contributed by atoms with Crippen molar-refractivity contribution in [3.63, 3.8) is 0 Å². The molecule has 0 radical (unpaired) electrons. The number of aromatic nitrogens is 2. The number of anilines is 1. The van der Waals surface area contributed by atoms with Gasteiger partial charge in [0.15, 0.2) is 0 Å².